The van der Waals surface area contributed by atoms with Gasteiger partial charge in [0.2, 0.25) is 0 Å². The molecule has 0 spiro atoms. The van der Waals surface area contributed by atoms with Crippen molar-refractivity contribution in [1.82, 2.24) is 14.7 Å². The second-order valence-electron chi connectivity index (χ2n) is 6.28. The average molecular weight is 349 g/mol. The summed E-state index contributed by atoms with van der Waals surface area (Å²) in [7, 11) is 1.78. The van der Waals surface area contributed by atoms with Gasteiger partial charge in [-0.3, -0.25) is 4.79 Å². The minimum Gasteiger partial charge on any atom is -0.492 e. The monoisotopic (exact) mass is 349 g/mol. The number of amides is 1. The first-order valence-electron chi connectivity index (χ1n) is 8.61. The fraction of sp³-hybridized carbons (Fsp3) is 0.238. The van der Waals surface area contributed by atoms with Crippen LogP contribution >= 0.6 is 0 Å². The molecule has 0 radical (unpaired) electrons. The van der Waals surface area contributed by atoms with Gasteiger partial charge in [-0.05, 0) is 43.7 Å². The van der Waals surface area contributed by atoms with Crippen LogP contribution in [0, 0.1) is 13.8 Å². The number of carbonyl (C=O) groups excluding carboxylic acids is 1. The van der Waals surface area contributed by atoms with Gasteiger partial charge >= 0.3 is 0 Å². The van der Waals surface area contributed by atoms with Gasteiger partial charge in [0.15, 0.2) is 0 Å². The Morgan fingerprint density at radius 3 is 2.62 bits per heavy atom. The summed E-state index contributed by atoms with van der Waals surface area (Å²) in [6, 6.07) is 17.7. The van der Waals surface area contributed by atoms with Crippen molar-refractivity contribution in [3.63, 3.8) is 0 Å². The molecule has 3 aromatic rings. The predicted octanol–water partition coefficient (Wildman–Crippen LogP) is 3.64. The molecule has 0 bridgehead atoms. The average Bonchev–Trinajstić information content (AvgIpc) is 3.03. The van der Waals surface area contributed by atoms with Crippen LogP contribution in [0.25, 0.3) is 5.69 Å². The van der Waals surface area contributed by atoms with Crippen molar-refractivity contribution in [3.8, 4) is 11.4 Å². The first-order valence-corrected chi connectivity index (χ1v) is 8.61. The molecule has 0 aliphatic heterocycles. The molecule has 2 aromatic carbocycles. The first kappa shape index (κ1) is 17.7. The number of para-hydroxylation sites is 1. The number of aryl methyl sites for hydroxylation is 1. The van der Waals surface area contributed by atoms with Crippen molar-refractivity contribution in [2.75, 3.05) is 20.2 Å². The smallest absolute Gasteiger partial charge is 0.257 e. The number of ether oxygens (including phenoxy) is 1. The van der Waals surface area contributed by atoms with Crippen molar-refractivity contribution in [2.24, 2.45) is 0 Å². The Kier molecular flexibility index (Phi) is 5.37. The largest absolute Gasteiger partial charge is 0.492 e. The van der Waals surface area contributed by atoms with Gasteiger partial charge < -0.3 is 9.64 Å². The lowest BCUT2D eigenvalue weighted by Crippen LogP contribution is -2.31. The SMILES string of the molecule is Cc1cccc(OCCN(C)C(=O)c2cnn(-c3ccccc3)c2C)c1. The van der Waals surface area contributed by atoms with Gasteiger partial charge in [0.1, 0.15) is 12.4 Å². The summed E-state index contributed by atoms with van der Waals surface area (Å²) in [5.74, 6) is 0.761. The summed E-state index contributed by atoms with van der Waals surface area (Å²) in [4.78, 5) is 14.4. The van der Waals surface area contributed by atoms with Crippen LogP contribution in [0.3, 0.4) is 0 Å². The highest BCUT2D eigenvalue weighted by Gasteiger charge is 2.18. The maximum Gasteiger partial charge on any atom is 0.257 e. The zero-order chi connectivity index (χ0) is 18.5. The summed E-state index contributed by atoms with van der Waals surface area (Å²) < 4.78 is 7.52. The highest BCUT2D eigenvalue weighted by atomic mass is 16.5. The third kappa shape index (κ3) is 3.94. The minimum absolute atomic E-state index is 0.0578. The molecule has 1 heterocycles. The van der Waals surface area contributed by atoms with E-state index in [1.807, 2.05) is 68.4 Å². The molecule has 0 unspecified atom stereocenters. The molecule has 1 amide bonds. The number of aromatic nitrogens is 2. The fourth-order valence-electron chi connectivity index (χ4n) is 2.76. The summed E-state index contributed by atoms with van der Waals surface area (Å²) in [5, 5.41) is 4.36. The van der Waals surface area contributed by atoms with Crippen LogP contribution in [0.15, 0.2) is 60.8 Å². The van der Waals surface area contributed by atoms with E-state index in [2.05, 4.69) is 5.10 Å². The molecule has 5 nitrogen and oxygen atoms in total. The van der Waals surface area contributed by atoms with E-state index in [-0.39, 0.29) is 5.91 Å². The van der Waals surface area contributed by atoms with Crippen LogP contribution in [0.4, 0.5) is 0 Å². The van der Waals surface area contributed by atoms with Gasteiger partial charge in [-0.1, -0.05) is 30.3 Å². The van der Waals surface area contributed by atoms with Crippen LogP contribution in [-0.2, 0) is 0 Å². The lowest BCUT2D eigenvalue weighted by Gasteiger charge is -2.17. The Labute approximate surface area is 153 Å². The summed E-state index contributed by atoms with van der Waals surface area (Å²) >= 11 is 0. The van der Waals surface area contributed by atoms with Crippen molar-refractivity contribution >= 4 is 5.91 Å². The molecule has 1 aromatic heterocycles. The van der Waals surface area contributed by atoms with Gasteiger partial charge in [-0.2, -0.15) is 5.10 Å². The molecule has 0 aliphatic rings. The normalized spacial score (nSPS) is 10.6. The van der Waals surface area contributed by atoms with E-state index < -0.39 is 0 Å². The third-order valence-electron chi connectivity index (χ3n) is 4.27. The van der Waals surface area contributed by atoms with Crippen LogP contribution in [0.2, 0.25) is 0 Å². The van der Waals surface area contributed by atoms with E-state index >= 15 is 0 Å². The second kappa shape index (κ2) is 7.87. The molecule has 134 valence electrons. The quantitative estimate of drug-likeness (QED) is 0.683. The van der Waals surface area contributed by atoms with Crippen LogP contribution in [0.1, 0.15) is 21.6 Å². The standard InChI is InChI=1S/C21H23N3O2/c1-16-8-7-11-19(14-16)26-13-12-23(3)21(25)20-15-22-24(17(20)2)18-9-5-4-6-10-18/h4-11,14-15H,12-13H2,1-3H3. The van der Waals surface area contributed by atoms with Crippen LogP contribution < -0.4 is 4.74 Å². The fourth-order valence-corrected chi connectivity index (χ4v) is 2.76. The highest BCUT2D eigenvalue weighted by Crippen LogP contribution is 2.16. The molecule has 26 heavy (non-hydrogen) atoms. The van der Waals surface area contributed by atoms with Gasteiger partial charge in [-0.25, -0.2) is 4.68 Å². The number of likely N-dealkylation sites (N-methyl/N-ethyl adjacent to an activating group) is 1. The van der Waals surface area contributed by atoms with Gasteiger partial charge in [-0.15, -0.1) is 0 Å². The number of rotatable bonds is 6. The lowest BCUT2D eigenvalue weighted by molar-refractivity contribution is 0.0773. The molecular weight excluding hydrogens is 326 g/mol. The maximum atomic E-state index is 12.7. The van der Waals surface area contributed by atoms with Crippen molar-refractivity contribution < 1.29 is 9.53 Å². The van der Waals surface area contributed by atoms with Crippen LogP contribution in [0.5, 0.6) is 5.75 Å². The van der Waals surface area contributed by atoms with Crippen molar-refractivity contribution in [3.05, 3.63) is 77.6 Å². The van der Waals surface area contributed by atoms with Gasteiger partial charge in [0, 0.05) is 7.05 Å². The van der Waals surface area contributed by atoms with E-state index in [4.69, 9.17) is 4.74 Å². The molecule has 0 N–H and O–H groups in total. The van der Waals surface area contributed by atoms with E-state index in [0.717, 1.165) is 22.7 Å². The van der Waals surface area contributed by atoms with Gasteiger partial charge in [0.25, 0.3) is 5.91 Å². The Morgan fingerprint density at radius 1 is 1.12 bits per heavy atom. The Hall–Kier alpha value is -3.08. The number of nitrogens with zero attached hydrogens (tertiary/aromatic N) is 3. The Balaban J connectivity index is 1.63. The number of hydrogen-bond acceptors (Lipinski definition) is 3. The predicted molar refractivity (Wildman–Crippen MR) is 102 cm³/mol. The molecule has 0 saturated heterocycles. The summed E-state index contributed by atoms with van der Waals surface area (Å²) in [6.07, 6.45) is 1.63. The van der Waals surface area contributed by atoms with Gasteiger partial charge in [0.05, 0.1) is 29.7 Å². The first-order chi connectivity index (χ1) is 12.6. The molecular formula is C21H23N3O2. The molecule has 5 heteroatoms. The molecule has 0 saturated carbocycles. The maximum absolute atomic E-state index is 12.7. The topological polar surface area (TPSA) is 47.4 Å². The Morgan fingerprint density at radius 2 is 1.88 bits per heavy atom. The van der Waals surface area contributed by atoms with Crippen LogP contribution in [-0.4, -0.2) is 40.8 Å². The van der Waals surface area contributed by atoms with E-state index in [1.165, 1.54) is 0 Å². The summed E-state index contributed by atoms with van der Waals surface area (Å²) in [5.41, 5.74) is 3.52. The Bertz CT molecular complexity index is 887. The number of hydrogen-bond donors (Lipinski definition) is 0. The zero-order valence-electron chi connectivity index (χ0n) is 15.3. The number of benzene rings is 2. The second-order valence-corrected chi connectivity index (χ2v) is 6.28. The van der Waals surface area contributed by atoms with E-state index in [9.17, 15) is 4.79 Å². The minimum atomic E-state index is -0.0578. The van der Waals surface area contributed by atoms with E-state index in [0.29, 0.717) is 18.7 Å². The lowest BCUT2D eigenvalue weighted by atomic mass is 10.2. The van der Waals surface area contributed by atoms with E-state index in [1.54, 1.807) is 22.8 Å². The molecule has 0 fully saturated rings. The third-order valence-corrected chi connectivity index (χ3v) is 4.27. The molecule has 0 atom stereocenters. The van der Waals surface area contributed by atoms with Crippen molar-refractivity contribution in [1.29, 1.82) is 0 Å². The summed E-state index contributed by atoms with van der Waals surface area (Å²) in [6.45, 7) is 4.88. The molecule has 0 aliphatic carbocycles. The zero-order valence-corrected chi connectivity index (χ0v) is 15.3. The molecule has 3 rings (SSSR count). The number of carbonyl (C=O) groups is 1. The van der Waals surface area contributed by atoms with Crippen molar-refractivity contribution in [2.45, 2.75) is 13.8 Å². The highest BCUT2D eigenvalue weighted by molar-refractivity contribution is 5.95.